The molecule has 2 aromatic rings. The van der Waals surface area contributed by atoms with Crippen LogP contribution in [-0.4, -0.2) is 48.9 Å². The summed E-state index contributed by atoms with van der Waals surface area (Å²) >= 11 is 0. The van der Waals surface area contributed by atoms with E-state index >= 15 is 0 Å². The van der Waals surface area contributed by atoms with E-state index in [4.69, 9.17) is 0 Å². The normalized spacial score (nSPS) is 8.59. The molecular weight excluding hydrogens is 337 g/mol. The van der Waals surface area contributed by atoms with Gasteiger partial charge in [-0.05, 0) is 13.8 Å². The van der Waals surface area contributed by atoms with Gasteiger partial charge in [-0.1, -0.05) is 59.7 Å². The number of para-hydroxylation sites is 2. The molecular formula is C14H14BaO2. The predicted octanol–water partition coefficient (Wildman–Crippen LogP) is 1.76. The molecule has 3 heteroatoms. The van der Waals surface area contributed by atoms with Crippen molar-refractivity contribution >= 4 is 48.9 Å². The third kappa shape index (κ3) is 6.19. The SMILES string of the molecule is Cc1ccccc1[O-].Cc1ccccc1[O-].[Ba+2]. The fourth-order valence-corrected chi connectivity index (χ4v) is 1.11. The molecule has 0 radical (unpaired) electrons. The molecule has 0 saturated heterocycles. The Hall–Kier alpha value is -0.389. The molecule has 0 spiro atoms. The summed E-state index contributed by atoms with van der Waals surface area (Å²) in [5.41, 5.74) is 1.63. The third-order valence-electron chi connectivity index (χ3n) is 2.19. The van der Waals surface area contributed by atoms with E-state index in [1.807, 2.05) is 38.1 Å². The van der Waals surface area contributed by atoms with Gasteiger partial charge in [-0.15, -0.1) is 11.5 Å². The van der Waals surface area contributed by atoms with Gasteiger partial charge in [0, 0.05) is 0 Å². The molecule has 2 aromatic carbocycles. The van der Waals surface area contributed by atoms with Gasteiger partial charge in [-0.2, -0.15) is 0 Å². The maximum atomic E-state index is 10.6. The van der Waals surface area contributed by atoms with Crippen LogP contribution in [0.2, 0.25) is 0 Å². The summed E-state index contributed by atoms with van der Waals surface area (Å²) in [6, 6.07) is 14.0. The fraction of sp³-hybridized carbons (Fsp3) is 0.143. The number of hydrogen-bond donors (Lipinski definition) is 0. The van der Waals surface area contributed by atoms with Crippen LogP contribution in [0.5, 0.6) is 11.5 Å². The zero-order valence-corrected chi connectivity index (χ0v) is 14.6. The van der Waals surface area contributed by atoms with Crippen molar-refractivity contribution in [1.82, 2.24) is 0 Å². The maximum Gasteiger partial charge on any atom is 2.00 e. The summed E-state index contributed by atoms with van der Waals surface area (Å²) in [5, 5.41) is 21.2. The number of rotatable bonds is 0. The summed E-state index contributed by atoms with van der Waals surface area (Å²) in [4.78, 5) is 0. The average molecular weight is 352 g/mol. The van der Waals surface area contributed by atoms with Gasteiger partial charge in [0.15, 0.2) is 0 Å². The first-order valence-corrected chi connectivity index (χ1v) is 5.06. The first kappa shape index (κ1) is 16.6. The Kier molecular flexibility index (Phi) is 8.47. The zero-order valence-electron chi connectivity index (χ0n) is 10.1. The van der Waals surface area contributed by atoms with Gasteiger partial charge < -0.3 is 10.2 Å². The van der Waals surface area contributed by atoms with Crippen LogP contribution in [0, 0.1) is 13.8 Å². The largest absolute Gasteiger partial charge is 2.00 e. The van der Waals surface area contributed by atoms with Gasteiger partial charge in [-0.3, -0.25) is 0 Å². The van der Waals surface area contributed by atoms with Gasteiger partial charge in [0.2, 0.25) is 0 Å². The van der Waals surface area contributed by atoms with Crippen molar-refractivity contribution in [2.75, 3.05) is 0 Å². The van der Waals surface area contributed by atoms with E-state index in [0.29, 0.717) is 0 Å². The van der Waals surface area contributed by atoms with Gasteiger partial charge in [-0.25, -0.2) is 0 Å². The first-order chi connectivity index (χ1) is 7.61. The summed E-state index contributed by atoms with van der Waals surface area (Å²) in [6.45, 7) is 3.62. The van der Waals surface area contributed by atoms with Gasteiger partial charge in [0.05, 0.1) is 0 Å². The monoisotopic (exact) mass is 352 g/mol. The van der Waals surface area contributed by atoms with Crippen LogP contribution in [0.25, 0.3) is 0 Å². The van der Waals surface area contributed by atoms with Crippen LogP contribution in [0.4, 0.5) is 0 Å². The number of aryl methyl sites for hydroxylation is 2. The molecule has 0 aliphatic rings. The molecule has 0 aliphatic carbocycles. The van der Waals surface area contributed by atoms with E-state index in [9.17, 15) is 10.2 Å². The first-order valence-electron chi connectivity index (χ1n) is 5.06. The van der Waals surface area contributed by atoms with E-state index in [-0.39, 0.29) is 60.4 Å². The van der Waals surface area contributed by atoms with Crippen molar-refractivity contribution < 1.29 is 10.2 Å². The quantitative estimate of drug-likeness (QED) is 0.679. The van der Waals surface area contributed by atoms with Crippen LogP contribution in [-0.2, 0) is 0 Å². The van der Waals surface area contributed by atoms with E-state index in [0.717, 1.165) is 11.1 Å². The minimum atomic E-state index is 0. The Morgan fingerprint density at radius 2 is 0.941 bits per heavy atom. The fourth-order valence-electron chi connectivity index (χ4n) is 1.11. The molecule has 0 amide bonds. The van der Waals surface area contributed by atoms with Crippen molar-refractivity contribution in [2.24, 2.45) is 0 Å². The molecule has 0 bridgehead atoms. The summed E-state index contributed by atoms with van der Waals surface area (Å²) in [6.07, 6.45) is 0. The van der Waals surface area contributed by atoms with E-state index < -0.39 is 0 Å². The van der Waals surface area contributed by atoms with Crippen LogP contribution in [0.1, 0.15) is 11.1 Å². The van der Waals surface area contributed by atoms with E-state index in [1.165, 1.54) is 0 Å². The smallest absolute Gasteiger partial charge is 0.872 e. The van der Waals surface area contributed by atoms with E-state index in [1.54, 1.807) is 24.3 Å². The molecule has 84 valence electrons. The van der Waals surface area contributed by atoms with Crippen molar-refractivity contribution in [1.29, 1.82) is 0 Å². The molecule has 2 rings (SSSR count). The summed E-state index contributed by atoms with van der Waals surface area (Å²) in [5.74, 6) is 0.236. The zero-order chi connectivity index (χ0) is 12.0. The Morgan fingerprint density at radius 3 is 1.12 bits per heavy atom. The van der Waals surface area contributed by atoms with Gasteiger partial charge in [0.1, 0.15) is 0 Å². The average Bonchev–Trinajstić information content (AvgIpc) is 2.28. The molecule has 2 nitrogen and oxygen atoms in total. The van der Waals surface area contributed by atoms with Gasteiger partial charge in [0.25, 0.3) is 0 Å². The van der Waals surface area contributed by atoms with Gasteiger partial charge >= 0.3 is 48.9 Å². The Morgan fingerprint density at radius 1 is 0.647 bits per heavy atom. The van der Waals surface area contributed by atoms with Crippen molar-refractivity contribution in [3.8, 4) is 11.5 Å². The van der Waals surface area contributed by atoms with E-state index in [2.05, 4.69) is 0 Å². The Bertz CT molecular complexity index is 370. The molecule has 0 atom stereocenters. The van der Waals surface area contributed by atoms with Crippen molar-refractivity contribution in [2.45, 2.75) is 13.8 Å². The van der Waals surface area contributed by atoms with Crippen LogP contribution < -0.4 is 10.2 Å². The summed E-state index contributed by atoms with van der Waals surface area (Å²) < 4.78 is 0. The second kappa shape index (κ2) is 8.67. The van der Waals surface area contributed by atoms with Crippen LogP contribution in [0.3, 0.4) is 0 Å². The van der Waals surface area contributed by atoms with Crippen molar-refractivity contribution in [3.63, 3.8) is 0 Å². The maximum absolute atomic E-state index is 10.6. The standard InChI is InChI=1S/2C7H8O.Ba/c2*1-6-4-2-3-5-7(6)8;/h2*2-5,8H,1H3;/q;;+2/p-2. The van der Waals surface area contributed by atoms with Crippen LogP contribution in [0.15, 0.2) is 48.5 Å². The minimum absolute atomic E-state index is 0. The Balaban J connectivity index is 0.000000284. The molecule has 0 heterocycles. The topological polar surface area (TPSA) is 46.1 Å². The number of hydrogen-bond acceptors (Lipinski definition) is 2. The molecule has 0 fully saturated rings. The van der Waals surface area contributed by atoms with Crippen LogP contribution >= 0.6 is 0 Å². The summed E-state index contributed by atoms with van der Waals surface area (Å²) in [7, 11) is 0. The molecule has 0 unspecified atom stereocenters. The molecule has 0 aliphatic heterocycles. The molecule has 17 heavy (non-hydrogen) atoms. The second-order valence-corrected chi connectivity index (χ2v) is 3.53. The molecule has 0 aromatic heterocycles. The Labute approximate surface area is 142 Å². The molecule has 0 saturated carbocycles. The van der Waals surface area contributed by atoms with Crippen molar-refractivity contribution in [3.05, 3.63) is 59.7 Å². The minimum Gasteiger partial charge on any atom is -0.872 e. The molecule has 0 N–H and O–H groups in total. The predicted molar refractivity (Wildman–Crippen MR) is 67.0 cm³/mol. The number of benzene rings is 2. The second-order valence-electron chi connectivity index (χ2n) is 3.53. The third-order valence-corrected chi connectivity index (χ3v) is 2.19.